The number of nitrogens with zero attached hydrogens (tertiary/aromatic N) is 1. The van der Waals surface area contributed by atoms with E-state index in [-0.39, 0.29) is 11.2 Å². The zero-order valence-electron chi connectivity index (χ0n) is 19.0. The van der Waals surface area contributed by atoms with Gasteiger partial charge in [-0.05, 0) is 55.8 Å². The fourth-order valence-electron chi connectivity index (χ4n) is 4.09. The second-order valence-corrected chi connectivity index (χ2v) is 8.54. The van der Waals surface area contributed by atoms with Gasteiger partial charge >= 0.3 is 0 Å². The molecular weight excluding hydrogens is 454 g/mol. The van der Waals surface area contributed by atoms with Crippen LogP contribution in [0.5, 0.6) is 23.0 Å². The minimum absolute atomic E-state index is 0.148. The smallest absolute Gasteiger partial charge is 0.235 e. The summed E-state index contributed by atoms with van der Waals surface area (Å²) in [5.41, 5.74) is 2.26. The number of para-hydroxylation sites is 2. The van der Waals surface area contributed by atoms with Crippen molar-refractivity contribution in [2.45, 2.75) is 26.9 Å². The Morgan fingerprint density at radius 2 is 1.79 bits per heavy atom. The van der Waals surface area contributed by atoms with E-state index in [4.69, 9.17) is 30.2 Å². The summed E-state index contributed by atoms with van der Waals surface area (Å²) in [5, 5.41) is 1.15. The second-order valence-electron chi connectivity index (χ2n) is 8.10. The maximum Gasteiger partial charge on any atom is 0.235 e. The molecule has 34 heavy (non-hydrogen) atoms. The van der Waals surface area contributed by atoms with Crippen LogP contribution in [-0.2, 0) is 13.1 Å². The number of aryl methyl sites for hydroxylation is 1. The van der Waals surface area contributed by atoms with Crippen LogP contribution in [-0.4, -0.2) is 18.2 Å². The first kappa shape index (κ1) is 22.3. The van der Waals surface area contributed by atoms with Crippen molar-refractivity contribution in [3.8, 4) is 23.0 Å². The Hall–Kier alpha value is -3.48. The van der Waals surface area contributed by atoms with Crippen LogP contribution in [0.3, 0.4) is 0 Å². The first-order chi connectivity index (χ1) is 16.5. The van der Waals surface area contributed by atoms with Crippen molar-refractivity contribution < 1.29 is 18.6 Å². The van der Waals surface area contributed by atoms with Gasteiger partial charge in [0.1, 0.15) is 23.8 Å². The number of hydrogen-bond donors (Lipinski definition) is 0. The molecule has 7 heteroatoms. The highest BCUT2D eigenvalue weighted by atomic mass is 35.5. The van der Waals surface area contributed by atoms with Crippen molar-refractivity contribution >= 4 is 22.6 Å². The van der Waals surface area contributed by atoms with Gasteiger partial charge in [-0.3, -0.25) is 9.69 Å². The fraction of sp³-hybridized carbons (Fsp3) is 0.222. The average Bonchev–Trinajstić information content (AvgIpc) is 2.84. The number of ether oxygens (including phenoxy) is 3. The van der Waals surface area contributed by atoms with Gasteiger partial charge in [0.15, 0.2) is 11.5 Å². The number of fused-ring (bicyclic) bond motifs is 3. The van der Waals surface area contributed by atoms with Crippen LogP contribution in [0.2, 0.25) is 5.02 Å². The molecule has 1 aromatic heterocycles. The minimum atomic E-state index is -0.234. The zero-order valence-corrected chi connectivity index (χ0v) is 19.7. The third-order valence-electron chi connectivity index (χ3n) is 5.71. The van der Waals surface area contributed by atoms with E-state index in [1.54, 1.807) is 25.1 Å². The van der Waals surface area contributed by atoms with E-state index in [1.165, 1.54) is 0 Å². The molecule has 4 aromatic rings. The Balaban J connectivity index is 1.49. The van der Waals surface area contributed by atoms with Gasteiger partial charge in [0.05, 0.1) is 17.6 Å². The van der Waals surface area contributed by atoms with Crippen molar-refractivity contribution in [3.63, 3.8) is 0 Å². The van der Waals surface area contributed by atoms with E-state index in [9.17, 15) is 4.79 Å². The summed E-state index contributed by atoms with van der Waals surface area (Å²) < 4.78 is 23.8. The molecule has 5 rings (SSSR count). The molecule has 0 fully saturated rings. The quantitative estimate of drug-likeness (QED) is 0.325. The molecular formula is C27H24ClNO5. The van der Waals surface area contributed by atoms with Crippen LogP contribution < -0.4 is 19.6 Å². The van der Waals surface area contributed by atoms with E-state index in [0.717, 1.165) is 16.9 Å². The van der Waals surface area contributed by atoms with Gasteiger partial charge in [0, 0.05) is 18.1 Å². The molecule has 2 heterocycles. The molecule has 0 bridgehead atoms. The lowest BCUT2D eigenvalue weighted by Gasteiger charge is -2.29. The van der Waals surface area contributed by atoms with Crippen molar-refractivity contribution in [2.75, 3.05) is 13.3 Å². The molecule has 1 aliphatic heterocycles. The molecule has 0 aliphatic carbocycles. The van der Waals surface area contributed by atoms with Crippen molar-refractivity contribution in [1.82, 2.24) is 4.90 Å². The molecule has 0 spiro atoms. The molecule has 0 saturated heterocycles. The van der Waals surface area contributed by atoms with Crippen LogP contribution in [0.15, 0.2) is 69.9 Å². The molecule has 0 atom stereocenters. The van der Waals surface area contributed by atoms with Gasteiger partial charge < -0.3 is 18.6 Å². The molecule has 6 nitrogen and oxygen atoms in total. The monoisotopic (exact) mass is 477 g/mol. The minimum Gasteiger partial charge on any atom is -0.490 e. The lowest BCUT2D eigenvalue weighted by atomic mass is 10.1. The van der Waals surface area contributed by atoms with Gasteiger partial charge in [0.2, 0.25) is 11.2 Å². The van der Waals surface area contributed by atoms with E-state index < -0.39 is 0 Å². The molecule has 3 aromatic carbocycles. The second kappa shape index (κ2) is 9.41. The number of halogens is 1. The predicted octanol–water partition coefficient (Wildman–Crippen LogP) is 6.30. The highest BCUT2D eigenvalue weighted by Crippen LogP contribution is 2.36. The molecule has 0 unspecified atom stereocenters. The number of benzene rings is 3. The van der Waals surface area contributed by atoms with Crippen LogP contribution in [0.4, 0.5) is 0 Å². The first-order valence-electron chi connectivity index (χ1n) is 11.1. The molecule has 0 N–H and O–H groups in total. The van der Waals surface area contributed by atoms with Crippen LogP contribution in [0.1, 0.15) is 23.8 Å². The maximum absolute atomic E-state index is 13.4. The van der Waals surface area contributed by atoms with E-state index in [2.05, 4.69) is 4.90 Å². The van der Waals surface area contributed by atoms with Gasteiger partial charge in [-0.2, -0.15) is 0 Å². The molecule has 0 saturated carbocycles. The lowest BCUT2D eigenvalue weighted by molar-refractivity contribution is 0.0889. The van der Waals surface area contributed by atoms with E-state index in [0.29, 0.717) is 59.7 Å². The highest BCUT2D eigenvalue weighted by molar-refractivity contribution is 6.30. The Bertz CT molecular complexity index is 1400. The van der Waals surface area contributed by atoms with Gasteiger partial charge in [-0.15, -0.1) is 0 Å². The van der Waals surface area contributed by atoms with Gasteiger partial charge in [-0.1, -0.05) is 35.9 Å². The van der Waals surface area contributed by atoms with Crippen LogP contribution in [0, 0.1) is 6.92 Å². The largest absolute Gasteiger partial charge is 0.490 e. The van der Waals surface area contributed by atoms with Gasteiger partial charge in [-0.25, -0.2) is 0 Å². The van der Waals surface area contributed by atoms with Crippen LogP contribution in [0.25, 0.3) is 11.0 Å². The maximum atomic E-state index is 13.4. The Kier molecular flexibility index (Phi) is 6.18. The summed E-state index contributed by atoms with van der Waals surface area (Å²) >= 11 is 6.01. The predicted molar refractivity (Wildman–Crippen MR) is 131 cm³/mol. The van der Waals surface area contributed by atoms with E-state index in [1.807, 2.05) is 49.4 Å². The van der Waals surface area contributed by atoms with Crippen LogP contribution >= 0.6 is 11.6 Å². The Morgan fingerprint density at radius 1 is 1.03 bits per heavy atom. The van der Waals surface area contributed by atoms with Crippen molar-refractivity contribution in [2.24, 2.45) is 0 Å². The van der Waals surface area contributed by atoms with Gasteiger partial charge in [0.25, 0.3) is 0 Å². The third kappa shape index (κ3) is 4.34. The summed E-state index contributed by atoms with van der Waals surface area (Å²) in [4.78, 5) is 15.6. The summed E-state index contributed by atoms with van der Waals surface area (Å²) in [7, 11) is 0. The number of hydrogen-bond acceptors (Lipinski definition) is 6. The third-order valence-corrected chi connectivity index (χ3v) is 5.96. The fourth-order valence-corrected chi connectivity index (χ4v) is 4.21. The molecule has 1 aliphatic rings. The van der Waals surface area contributed by atoms with Crippen molar-refractivity contribution in [3.05, 3.63) is 92.8 Å². The molecule has 174 valence electrons. The summed E-state index contributed by atoms with van der Waals surface area (Å²) in [6, 6.07) is 18.6. The average molecular weight is 478 g/mol. The molecule has 0 radical (unpaired) electrons. The first-order valence-corrected chi connectivity index (χ1v) is 11.5. The number of rotatable bonds is 6. The normalized spacial score (nSPS) is 13.4. The van der Waals surface area contributed by atoms with Crippen molar-refractivity contribution in [1.29, 1.82) is 0 Å². The molecule has 0 amide bonds. The Labute approximate surface area is 202 Å². The zero-order chi connectivity index (χ0) is 23.7. The van der Waals surface area contributed by atoms with E-state index >= 15 is 0 Å². The lowest BCUT2D eigenvalue weighted by Crippen LogP contribution is -2.31. The summed E-state index contributed by atoms with van der Waals surface area (Å²) in [6.07, 6.45) is 0. The Morgan fingerprint density at radius 3 is 2.56 bits per heavy atom. The SMILES string of the molecule is CCOc1ccccc1Oc1c(C)oc2c3c(ccc2c1=O)OCN(Cc1ccc(Cl)cc1)C3. The summed E-state index contributed by atoms with van der Waals surface area (Å²) in [6.45, 7) is 5.84. The summed E-state index contributed by atoms with van der Waals surface area (Å²) in [5.74, 6) is 2.30. The standard InChI is InChI=1S/C27H24ClNO5/c1-3-31-23-6-4-5-7-24(23)34-26-17(2)33-27-20(25(26)30)12-13-22-21(27)15-29(16-32-22)14-18-8-10-19(28)11-9-18/h4-13H,3,14-16H2,1-2H3. The topological polar surface area (TPSA) is 61.1 Å². The highest BCUT2D eigenvalue weighted by Gasteiger charge is 2.24.